The molecule has 0 saturated carbocycles. The maximum absolute atomic E-state index is 9.04. The number of methoxy groups -OCH3 is 1. The number of rotatable bonds is 2. The Morgan fingerprint density at radius 1 is 1.90 bits per heavy atom. The number of aliphatic hydroxyl groups is 1. The van der Waals surface area contributed by atoms with Crippen LogP contribution in [0.3, 0.4) is 0 Å². The molecule has 0 saturated heterocycles. The lowest BCUT2D eigenvalue weighted by atomic mass is 10.5. The van der Waals surface area contributed by atoms with E-state index in [0.29, 0.717) is 10.0 Å². The first kappa shape index (κ1) is 7.46. The van der Waals surface area contributed by atoms with Gasteiger partial charge in [0.1, 0.15) is 0 Å². The van der Waals surface area contributed by atoms with Crippen molar-refractivity contribution in [2.75, 3.05) is 12.8 Å². The fourth-order valence-electron chi connectivity index (χ4n) is 0.531. The number of aromatic nitrogens is 1. The van der Waals surface area contributed by atoms with Gasteiger partial charge in [-0.25, -0.2) is 4.98 Å². The SMILES string of the molecule is COC(O)c1cnc(N)s1. The minimum atomic E-state index is -0.894. The van der Waals surface area contributed by atoms with E-state index in [1.54, 1.807) is 0 Å². The lowest BCUT2D eigenvalue weighted by Crippen LogP contribution is -1.95. The standard InChI is InChI=1S/C5H8N2O2S/c1-9-4(8)3-2-7-5(6)10-3/h2,4,8H,1H3,(H2,6,7). The Kier molecular flexibility index (Phi) is 2.21. The molecule has 0 radical (unpaired) electrons. The Balaban J connectivity index is 2.74. The summed E-state index contributed by atoms with van der Waals surface area (Å²) in [7, 11) is 1.42. The molecular weight excluding hydrogens is 152 g/mol. The molecule has 1 aromatic rings. The monoisotopic (exact) mass is 160 g/mol. The summed E-state index contributed by atoms with van der Waals surface area (Å²) in [6.45, 7) is 0. The lowest BCUT2D eigenvalue weighted by molar-refractivity contribution is -0.0744. The molecule has 0 spiro atoms. The van der Waals surface area contributed by atoms with Gasteiger partial charge in [-0.15, -0.1) is 0 Å². The van der Waals surface area contributed by atoms with E-state index in [0.717, 1.165) is 0 Å². The zero-order chi connectivity index (χ0) is 7.56. The van der Waals surface area contributed by atoms with Crippen LogP contribution < -0.4 is 5.73 Å². The summed E-state index contributed by atoms with van der Waals surface area (Å²) in [4.78, 5) is 4.37. The van der Waals surface area contributed by atoms with Crippen LogP contribution in [-0.2, 0) is 4.74 Å². The van der Waals surface area contributed by atoms with Crippen molar-refractivity contribution in [3.8, 4) is 0 Å². The summed E-state index contributed by atoms with van der Waals surface area (Å²) >= 11 is 1.21. The van der Waals surface area contributed by atoms with E-state index in [1.165, 1.54) is 24.6 Å². The Morgan fingerprint density at radius 2 is 2.60 bits per heavy atom. The average molecular weight is 160 g/mol. The number of hydrogen-bond acceptors (Lipinski definition) is 5. The number of nitrogen functional groups attached to an aromatic ring is 1. The van der Waals surface area contributed by atoms with Crippen LogP contribution in [0.2, 0.25) is 0 Å². The molecule has 1 rings (SSSR count). The molecule has 0 aliphatic rings. The molecule has 0 fully saturated rings. The third-order valence-corrected chi connectivity index (χ3v) is 1.87. The molecule has 1 unspecified atom stereocenters. The molecule has 3 N–H and O–H groups in total. The van der Waals surface area contributed by atoms with Crippen LogP contribution in [0, 0.1) is 0 Å². The second kappa shape index (κ2) is 2.96. The molecule has 0 amide bonds. The van der Waals surface area contributed by atoms with Gasteiger partial charge in [-0.05, 0) is 0 Å². The summed E-state index contributed by atoms with van der Waals surface area (Å²) < 4.78 is 4.62. The topological polar surface area (TPSA) is 68.4 Å². The zero-order valence-electron chi connectivity index (χ0n) is 5.44. The summed E-state index contributed by atoms with van der Waals surface area (Å²) in [6.07, 6.45) is 0.601. The van der Waals surface area contributed by atoms with Crippen LogP contribution in [0.1, 0.15) is 11.2 Å². The van der Waals surface area contributed by atoms with Gasteiger partial charge < -0.3 is 15.6 Å². The van der Waals surface area contributed by atoms with Crippen LogP contribution in [-0.4, -0.2) is 17.2 Å². The quantitative estimate of drug-likeness (QED) is 0.613. The fourth-order valence-corrected chi connectivity index (χ4v) is 1.18. The summed E-state index contributed by atoms with van der Waals surface area (Å²) in [5.41, 5.74) is 5.31. The summed E-state index contributed by atoms with van der Waals surface area (Å²) in [5.74, 6) is 0. The van der Waals surface area contributed by atoms with E-state index in [9.17, 15) is 0 Å². The number of thiazole rings is 1. The van der Waals surface area contributed by atoms with Crippen molar-refractivity contribution in [1.29, 1.82) is 0 Å². The molecule has 4 nitrogen and oxygen atoms in total. The lowest BCUT2D eigenvalue weighted by Gasteiger charge is -2.02. The van der Waals surface area contributed by atoms with Gasteiger partial charge in [0.05, 0.1) is 4.88 Å². The van der Waals surface area contributed by atoms with Crippen LogP contribution in [0.15, 0.2) is 6.20 Å². The molecule has 0 aliphatic carbocycles. The van der Waals surface area contributed by atoms with Crippen LogP contribution in [0.4, 0.5) is 5.13 Å². The highest BCUT2D eigenvalue weighted by Gasteiger charge is 2.07. The van der Waals surface area contributed by atoms with Gasteiger partial charge in [-0.3, -0.25) is 0 Å². The van der Waals surface area contributed by atoms with Gasteiger partial charge in [0, 0.05) is 13.3 Å². The van der Waals surface area contributed by atoms with Crippen LogP contribution in [0.25, 0.3) is 0 Å². The third-order valence-electron chi connectivity index (χ3n) is 1.01. The van der Waals surface area contributed by atoms with Crippen molar-refractivity contribution >= 4 is 16.5 Å². The average Bonchev–Trinajstić information content (AvgIpc) is 2.34. The van der Waals surface area contributed by atoms with Crippen molar-refractivity contribution in [1.82, 2.24) is 4.98 Å². The predicted octanol–water partition coefficient (Wildman–Crippen LogP) is 0.363. The number of nitrogens with zero attached hydrogens (tertiary/aromatic N) is 1. The largest absolute Gasteiger partial charge is 0.375 e. The minimum absolute atomic E-state index is 0.436. The number of hydrogen-bond donors (Lipinski definition) is 2. The van der Waals surface area contributed by atoms with Crippen LogP contribution >= 0.6 is 11.3 Å². The van der Waals surface area contributed by atoms with E-state index in [2.05, 4.69) is 9.72 Å². The van der Waals surface area contributed by atoms with Gasteiger partial charge in [-0.2, -0.15) is 0 Å². The summed E-state index contributed by atoms with van der Waals surface area (Å²) in [5, 5.41) is 9.47. The van der Waals surface area contributed by atoms with Crippen molar-refractivity contribution in [3.63, 3.8) is 0 Å². The molecule has 1 aromatic heterocycles. The fraction of sp³-hybridized carbons (Fsp3) is 0.400. The maximum atomic E-state index is 9.04. The van der Waals surface area contributed by atoms with Gasteiger partial charge in [0.15, 0.2) is 11.4 Å². The number of aliphatic hydroxyl groups excluding tert-OH is 1. The minimum Gasteiger partial charge on any atom is -0.375 e. The molecule has 0 aromatic carbocycles. The molecule has 0 aliphatic heterocycles. The smallest absolute Gasteiger partial charge is 0.191 e. The van der Waals surface area contributed by atoms with E-state index in [4.69, 9.17) is 10.8 Å². The molecule has 1 atom stereocenters. The highest BCUT2D eigenvalue weighted by atomic mass is 32.1. The summed E-state index contributed by atoms with van der Waals surface area (Å²) in [6, 6.07) is 0. The third kappa shape index (κ3) is 1.44. The molecule has 0 bridgehead atoms. The highest BCUT2D eigenvalue weighted by molar-refractivity contribution is 7.15. The number of anilines is 1. The first-order valence-electron chi connectivity index (χ1n) is 2.66. The molecule has 1 heterocycles. The Labute approximate surface area is 62.3 Å². The first-order valence-corrected chi connectivity index (χ1v) is 3.47. The van der Waals surface area contributed by atoms with Gasteiger partial charge in [0.25, 0.3) is 0 Å². The second-order valence-corrected chi connectivity index (χ2v) is 2.78. The highest BCUT2D eigenvalue weighted by Crippen LogP contribution is 2.21. The predicted molar refractivity (Wildman–Crippen MR) is 38.5 cm³/mol. The van der Waals surface area contributed by atoms with Gasteiger partial charge in [0.2, 0.25) is 0 Å². The Bertz CT molecular complexity index is 213. The van der Waals surface area contributed by atoms with Crippen molar-refractivity contribution in [2.24, 2.45) is 0 Å². The van der Waals surface area contributed by atoms with E-state index in [1.807, 2.05) is 0 Å². The van der Waals surface area contributed by atoms with Crippen molar-refractivity contribution in [3.05, 3.63) is 11.1 Å². The van der Waals surface area contributed by atoms with Crippen LogP contribution in [0.5, 0.6) is 0 Å². The number of ether oxygens (including phenoxy) is 1. The van der Waals surface area contributed by atoms with E-state index < -0.39 is 6.29 Å². The molecular formula is C5H8N2O2S. The van der Waals surface area contributed by atoms with E-state index >= 15 is 0 Å². The molecule has 10 heavy (non-hydrogen) atoms. The zero-order valence-corrected chi connectivity index (χ0v) is 6.26. The first-order chi connectivity index (χ1) is 4.74. The van der Waals surface area contributed by atoms with Gasteiger partial charge >= 0.3 is 0 Å². The normalized spacial score (nSPS) is 13.4. The van der Waals surface area contributed by atoms with Crippen molar-refractivity contribution < 1.29 is 9.84 Å². The maximum Gasteiger partial charge on any atom is 0.191 e. The van der Waals surface area contributed by atoms with Crippen molar-refractivity contribution in [2.45, 2.75) is 6.29 Å². The van der Waals surface area contributed by atoms with Gasteiger partial charge in [-0.1, -0.05) is 11.3 Å². The Morgan fingerprint density at radius 3 is 3.00 bits per heavy atom. The number of nitrogens with two attached hydrogens (primary N) is 1. The molecule has 5 heteroatoms. The Hall–Kier alpha value is -0.650. The molecule has 56 valence electrons. The second-order valence-electron chi connectivity index (χ2n) is 1.69. The van der Waals surface area contributed by atoms with E-state index in [-0.39, 0.29) is 0 Å².